The first-order valence-corrected chi connectivity index (χ1v) is 8.51. The molecule has 0 unspecified atom stereocenters. The summed E-state index contributed by atoms with van der Waals surface area (Å²) in [4.78, 5) is 0. The molecule has 0 amide bonds. The van der Waals surface area contributed by atoms with Crippen LogP contribution in [0.25, 0.3) is 0 Å². The molecule has 0 fully saturated rings. The standard InChI is InChI=1S/C20H26O6/c1-21-17-3-7-19(8-4-17)25-15-13-23-11-12-24-14-16-26-20-9-5-18(22-2)6-10-20/h3-10H,11-16H2,1-2H3. The molecule has 0 heterocycles. The third kappa shape index (κ3) is 7.63. The van der Waals surface area contributed by atoms with Crippen LogP contribution in [0.2, 0.25) is 0 Å². The molecule has 6 heteroatoms. The lowest BCUT2D eigenvalue weighted by molar-refractivity contribution is 0.0273. The Hall–Kier alpha value is -2.44. The number of methoxy groups -OCH3 is 2. The van der Waals surface area contributed by atoms with Crippen LogP contribution in [-0.2, 0) is 9.47 Å². The molecule has 2 aromatic carbocycles. The second kappa shape index (κ2) is 12.0. The van der Waals surface area contributed by atoms with Gasteiger partial charge in [0.05, 0.1) is 40.6 Å². The summed E-state index contributed by atoms with van der Waals surface area (Å²) in [6.45, 7) is 3.05. The lowest BCUT2D eigenvalue weighted by Crippen LogP contribution is -2.13. The number of ether oxygens (including phenoxy) is 6. The molecular formula is C20H26O6. The van der Waals surface area contributed by atoms with E-state index in [4.69, 9.17) is 28.4 Å². The fourth-order valence-corrected chi connectivity index (χ4v) is 2.10. The molecule has 0 saturated heterocycles. The zero-order chi connectivity index (χ0) is 18.5. The molecule has 0 spiro atoms. The minimum absolute atomic E-state index is 0.493. The fraction of sp³-hybridized carbons (Fsp3) is 0.400. The predicted octanol–water partition coefficient (Wildman–Crippen LogP) is 3.19. The average Bonchev–Trinajstić information content (AvgIpc) is 2.70. The van der Waals surface area contributed by atoms with Crippen molar-refractivity contribution in [1.82, 2.24) is 0 Å². The molecule has 0 atom stereocenters. The summed E-state index contributed by atoms with van der Waals surface area (Å²) >= 11 is 0. The maximum atomic E-state index is 5.57. The predicted molar refractivity (Wildman–Crippen MR) is 98.6 cm³/mol. The zero-order valence-electron chi connectivity index (χ0n) is 15.3. The summed E-state index contributed by atoms with van der Waals surface area (Å²) in [6.07, 6.45) is 0. The van der Waals surface area contributed by atoms with Gasteiger partial charge in [0, 0.05) is 0 Å². The molecule has 26 heavy (non-hydrogen) atoms. The summed E-state index contributed by atoms with van der Waals surface area (Å²) in [5.41, 5.74) is 0. The van der Waals surface area contributed by atoms with Gasteiger partial charge in [0.15, 0.2) is 0 Å². The van der Waals surface area contributed by atoms with Gasteiger partial charge in [-0.15, -0.1) is 0 Å². The highest BCUT2D eigenvalue weighted by Crippen LogP contribution is 2.17. The molecule has 0 aromatic heterocycles. The third-order valence-corrected chi connectivity index (χ3v) is 3.48. The Labute approximate surface area is 154 Å². The van der Waals surface area contributed by atoms with Crippen molar-refractivity contribution in [1.29, 1.82) is 0 Å². The smallest absolute Gasteiger partial charge is 0.119 e. The lowest BCUT2D eigenvalue weighted by atomic mass is 10.3. The molecule has 0 N–H and O–H groups in total. The Morgan fingerprint density at radius 3 is 1.12 bits per heavy atom. The highest BCUT2D eigenvalue weighted by Gasteiger charge is 1.97. The maximum absolute atomic E-state index is 5.57. The zero-order valence-corrected chi connectivity index (χ0v) is 15.3. The molecule has 6 nitrogen and oxygen atoms in total. The Morgan fingerprint density at radius 2 is 0.769 bits per heavy atom. The minimum atomic E-state index is 0.493. The van der Waals surface area contributed by atoms with Crippen molar-refractivity contribution in [2.24, 2.45) is 0 Å². The van der Waals surface area contributed by atoms with Gasteiger partial charge < -0.3 is 28.4 Å². The molecule has 0 aliphatic heterocycles. The molecule has 142 valence electrons. The molecule has 0 saturated carbocycles. The molecule has 0 aliphatic carbocycles. The van der Waals surface area contributed by atoms with Crippen molar-refractivity contribution in [3.05, 3.63) is 48.5 Å². The van der Waals surface area contributed by atoms with E-state index in [0.717, 1.165) is 23.0 Å². The number of hydrogen-bond donors (Lipinski definition) is 0. The van der Waals surface area contributed by atoms with Gasteiger partial charge in [-0.05, 0) is 48.5 Å². The molecular weight excluding hydrogens is 336 g/mol. The number of hydrogen-bond acceptors (Lipinski definition) is 6. The topological polar surface area (TPSA) is 55.4 Å². The van der Waals surface area contributed by atoms with E-state index < -0.39 is 0 Å². The van der Waals surface area contributed by atoms with E-state index >= 15 is 0 Å². The molecule has 0 radical (unpaired) electrons. The largest absolute Gasteiger partial charge is 0.497 e. The van der Waals surface area contributed by atoms with Crippen LogP contribution >= 0.6 is 0 Å². The highest BCUT2D eigenvalue weighted by atomic mass is 16.6. The minimum Gasteiger partial charge on any atom is -0.497 e. The Balaban J connectivity index is 1.41. The SMILES string of the molecule is COc1ccc(OCCOCCOCCOc2ccc(OC)cc2)cc1. The number of benzene rings is 2. The van der Waals surface area contributed by atoms with Crippen molar-refractivity contribution >= 4 is 0 Å². The quantitative estimate of drug-likeness (QED) is 0.510. The van der Waals surface area contributed by atoms with Crippen LogP contribution in [0.1, 0.15) is 0 Å². The van der Waals surface area contributed by atoms with Crippen LogP contribution in [0.3, 0.4) is 0 Å². The van der Waals surface area contributed by atoms with Crippen LogP contribution in [0, 0.1) is 0 Å². The third-order valence-electron chi connectivity index (χ3n) is 3.48. The second-order valence-electron chi connectivity index (χ2n) is 5.27. The molecule has 0 bridgehead atoms. The molecule has 0 aliphatic rings. The summed E-state index contributed by atoms with van der Waals surface area (Å²) < 4.78 is 32.2. The van der Waals surface area contributed by atoms with Crippen LogP contribution in [-0.4, -0.2) is 53.9 Å². The molecule has 2 aromatic rings. The number of rotatable bonds is 13. The van der Waals surface area contributed by atoms with Gasteiger partial charge >= 0.3 is 0 Å². The first-order chi connectivity index (χ1) is 12.8. The van der Waals surface area contributed by atoms with Crippen molar-refractivity contribution in [3.63, 3.8) is 0 Å². The van der Waals surface area contributed by atoms with Gasteiger partial charge in [0.25, 0.3) is 0 Å². The van der Waals surface area contributed by atoms with Crippen LogP contribution < -0.4 is 18.9 Å². The van der Waals surface area contributed by atoms with Gasteiger partial charge in [0.1, 0.15) is 36.2 Å². The van der Waals surface area contributed by atoms with E-state index in [1.54, 1.807) is 14.2 Å². The lowest BCUT2D eigenvalue weighted by Gasteiger charge is -2.09. The normalized spacial score (nSPS) is 10.4. The Kier molecular flexibility index (Phi) is 9.18. The average molecular weight is 362 g/mol. The van der Waals surface area contributed by atoms with Gasteiger partial charge in [-0.1, -0.05) is 0 Å². The van der Waals surface area contributed by atoms with Crippen LogP contribution in [0.4, 0.5) is 0 Å². The van der Waals surface area contributed by atoms with E-state index in [-0.39, 0.29) is 0 Å². The van der Waals surface area contributed by atoms with Crippen molar-refractivity contribution in [3.8, 4) is 23.0 Å². The first-order valence-electron chi connectivity index (χ1n) is 8.51. The molecule has 2 rings (SSSR count). The van der Waals surface area contributed by atoms with Crippen molar-refractivity contribution < 1.29 is 28.4 Å². The van der Waals surface area contributed by atoms with E-state index in [0.29, 0.717) is 39.6 Å². The maximum Gasteiger partial charge on any atom is 0.119 e. The van der Waals surface area contributed by atoms with Gasteiger partial charge in [-0.3, -0.25) is 0 Å². The van der Waals surface area contributed by atoms with E-state index in [1.807, 2.05) is 48.5 Å². The highest BCUT2D eigenvalue weighted by molar-refractivity contribution is 5.31. The fourth-order valence-electron chi connectivity index (χ4n) is 2.10. The van der Waals surface area contributed by atoms with Crippen molar-refractivity contribution in [2.45, 2.75) is 0 Å². The van der Waals surface area contributed by atoms with E-state index in [1.165, 1.54) is 0 Å². The summed E-state index contributed by atoms with van der Waals surface area (Å²) in [6, 6.07) is 14.9. The second-order valence-corrected chi connectivity index (χ2v) is 5.27. The van der Waals surface area contributed by atoms with Gasteiger partial charge in [-0.2, -0.15) is 0 Å². The van der Waals surface area contributed by atoms with E-state index in [9.17, 15) is 0 Å². The van der Waals surface area contributed by atoms with Gasteiger partial charge in [0.2, 0.25) is 0 Å². The summed E-state index contributed by atoms with van der Waals surface area (Å²) in [5.74, 6) is 3.20. The Bertz CT molecular complexity index is 541. The van der Waals surface area contributed by atoms with Crippen LogP contribution in [0.5, 0.6) is 23.0 Å². The summed E-state index contributed by atoms with van der Waals surface area (Å²) in [5, 5.41) is 0. The first kappa shape index (κ1) is 19.9. The Morgan fingerprint density at radius 1 is 0.462 bits per heavy atom. The summed E-state index contributed by atoms with van der Waals surface area (Å²) in [7, 11) is 3.27. The monoisotopic (exact) mass is 362 g/mol. The van der Waals surface area contributed by atoms with Crippen molar-refractivity contribution in [2.75, 3.05) is 53.9 Å². The van der Waals surface area contributed by atoms with E-state index in [2.05, 4.69) is 0 Å². The van der Waals surface area contributed by atoms with Gasteiger partial charge in [-0.25, -0.2) is 0 Å². The van der Waals surface area contributed by atoms with Crippen LogP contribution in [0.15, 0.2) is 48.5 Å².